The molecule has 19 heavy (non-hydrogen) atoms. The van der Waals surface area contributed by atoms with Crippen molar-refractivity contribution in [1.82, 2.24) is 0 Å². The number of benzene rings is 2. The number of fused-ring (bicyclic) bond motifs is 1. The van der Waals surface area contributed by atoms with Crippen molar-refractivity contribution >= 4 is 0 Å². The molecule has 1 heteroatoms. The number of hydrogen-bond acceptors (Lipinski definition) is 1. The molecule has 1 nitrogen and oxygen atoms in total. The van der Waals surface area contributed by atoms with E-state index in [4.69, 9.17) is 0 Å². The Morgan fingerprint density at radius 3 is 2.58 bits per heavy atom. The van der Waals surface area contributed by atoms with Gasteiger partial charge in [0.15, 0.2) is 0 Å². The van der Waals surface area contributed by atoms with Gasteiger partial charge in [-0.3, -0.25) is 0 Å². The smallest absolute Gasteiger partial charge is 0.104 e. The number of aliphatic hydroxyl groups excluding tert-OH is 1. The zero-order valence-corrected chi connectivity index (χ0v) is 11.6. The van der Waals surface area contributed by atoms with E-state index in [1.165, 1.54) is 29.5 Å². The molecule has 2 aromatic rings. The first-order valence-electron chi connectivity index (χ1n) is 7.02. The fraction of sp³-hybridized carbons (Fsp3) is 0.333. The summed E-state index contributed by atoms with van der Waals surface area (Å²) in [6, 6.07) is 12.7. The van der Waals surface area contributed by atoms with Gasteiger partial charge in [-0.1, -0.05) is 42.0 Å². The predicted molar refractivity (Wildman–Crippen MR) is 78.4 cm³/mol. The Balaban J connectivity index is 1.99. The van der Waals surface area contributed by atoms with Crippen LogP contribution in [-0.2, 0) is 12.8 Å². The first kappa shape index (κ1) is 12.4. The summed E-state index contributed by atoms with van der Waals surface area (Å²) in [5.74, 6) is 0. The van der Waals surface area contributed by atoms with Gasteiger partial charge in [-0.15, -0.1) is 0 Å². The lowest BCUT2D eigenvalue weighted by atomic mass is 9.94. The van der Waals surface area contributed by atoms with E-state index < -0.39 is 6.10 Å². The van der Waals surface area contributed by atoms with Crippen molar-refractivity contribution in [3.63, 3.8) is 0 Å². The maximum absolute atomic E-state index is 10.6. The van der Waals surface area contributed by atoms with Gasteiger partial charge in [0.05, 0.1) is 0 Å². The van der Waals surface area contributed by atoms with Crippen LogP contribution in [0.2, 0.25) is 0 Å². The van der Waals surface area contributed by atoms with Crippen molar-refractivity contribution in [3.05, 3.63) is 69.8 Å². The van der Waals surface area contributed by atoms with Gasteiger partial charge in [-0.05, 0) is 60.9 Å². The fourth-order valence-electron chi connectivity index (χ4n) is 3.00. The molecule has 0 saturated carbocycles. The van der Waals surface area contributed by atoms with Crippen molar-refractivity contribution in [2.45, 2.75) is 39.2 Å². The minimum atomic E-state index is -0.509. The third kappa shape index (κ3) is 2.31. The summed E-state index contributed by atoms with van der Waals surface area (Å²) in [6.07, 6.45) is 3.08. The Morgan fingerprint density at radius 2 is 1.74 bits per heavy atom. The molecule has 0 bridgehead atoms. The lowest BCUT2D eigenvalue weighted by molar-refractivity contribution is 0.219. The van der Waals surface area contributed by atoms with Gasteiger partial charge in [-0.2, -0.15) is 0 Å². The molecule has 3 rings (SSSR count). The van der Waals surface area contributed by atoms with Gasteiger partial charge in [0.25, 0.3) is 0 Å². The van der Waals surface area contributed by atoms with E-state index in [-0.39, 0.29) is 0 Å². The molecule has 2 aromatic carbocycles. The Hall–Kier alpha value is -1.60. The van der Waals surface area contributed by atoms with Gasteiger partial charge >= 0.3 is 0 Å². The van der Waals surface area contributed by atoms with Crippen LogP contribution in [0.3, 0.4) is 0 Å². The third-order valence-electron chi connectivity index (χ3n) is 4.17. The molecular weight excluding hydrogens is 232 g/mol. The highest BCUT2D eigenvalue weighted by Gasteiger charge is 2.17. The Kier molecular flexibility index (Phi) is 3.16. The molecule has 0 spiro atoms. The van der Waals surface area contributed by atoms with E-state index in [1.807, 2.05) is 0 Å². The van der Waals surface area contributed by atoms with Crippen LogP contribution in [0, 0.1) is 13.8 Å². The van der Waals surface area contributed by atoms with Crippen LogP contribution >= 0.6 is 0 Å². The lowest BCUT2D eigenvalue weighted by Crippen LogP contribution is -2.03. The van der Waals surface area contributed by atoms with E-state index in [0.29, 0.717) is 0 Å². The first-order chi connectivity index (χ1) is 9.15. The second kappa shape index (κ2) is 4.82. The minimum absolute atomic E-state index is 0.509. The minimum Gasteiger partial charge on any atom is -0.384 e. The molecule has 1 unspecified atom stereocenters. The summed E-state index contributed by atoms with van der Waals surface area (Å²) in [7, 11) is 0. The zero-order valence-electron chi connectivity index (χ0n) is 11.6. The first-order valence-corrected chi connectivity index (χ1v) is 7.02. The number of rotatable bonds is 2. The van der Waals surface area contributed by atoms with Crippen LogP contribution in [0.1, 0.15) is 45.9 Å². The summed E-state index contributed by atoms with van der Waals surface area (Å²) >= 11 is 0. The molecule has 1 atom stereocenters. The van der Waals surface area contributed by atoms with E-state index in [0.717, 1.165) is 23.1 Å². The van der Waals surface area contributed by atoms with E-state index in [1.54, 1.807) is 0 Å². The maximum Gasteiger partial charge on any atom is 0.104 e. The average molecular weight is 252 g/mol. The average Bonchev–Trinajstić information content (AvgIpc) is 2.88. The number of aryl methyl sites for hydroxylation is 4. The number of aliphatic hydroxyl groups is 1. The molecule has 0 fully saturated rings. The number of hydrogen-bond donors (Lipinski definition) is 1. The van der Waals surface area contributed by atoms with Crippen LogP contribution in [0.5, 0.6) is 0 Å². The van der Waals surface area contributed by atoms with Gasteiger partial charge in [0, 0.05) is 0 Å². The summed E-state index contributed by atoms with van der Waals surface area (Å²) in [5.41, 5.74) is 7.27. The topological polar surface area (TPSA) is 20.2 Å². The summed E-state index contributed by atoms with van der Waals surface area (Å²) in [4.78, 5) is 0. The third-order valence-corrected chi connectivity index (χ3v) is 4.17. The Labute approximate surface area is 114 Å². The molecule has 0 radical (unpaired) electrons. The van der Waals surface area contributed by atoms with Gasteiger partial charge < -0.3 is 5.11 Å². The molecule has 98 valence electrons. The fourth-order valence-corrected chi connectivity index (χ4v) is 3.00. The van der Waals surface area contributed by atoms with Gasteiger partial charge in [0.1, 0.15) is 6.10 Å². The van der Waals surface area contributed by atoms with Crippen LogP contribution in [0.25, 0.3) is 0 Å². The Morgan fingerprint density at radius 1 is 0.947 bits per heavy atom. The van der Waals surface area contributed by atoms with Crippen molar-refractivity contribution < 1.29 is 5.11 Å². The summed E-state index contributed by atoms with van der Waals surface area (Å²) < 4.78 is 0. The molecular formula is C18H20O. The Bertz CT molecular complexity index is 613. The molecule has 1 aliphatic carbocycles. The van der Waals surface area contributed by atoms with Crippen LogP contribution in [0.15, 0.2) is 36.4 Å². The largest absolute Gasteiger partial charge is 0.384 e. The van der Waals surface area contributed by atoms with Gasteiger partial charge in [0.2, 0.25) is 0 Å². The van der Waals surface area contributed by atoms with Crippen molar-refractivity contribution in [1.29, 1.82) is 0 Å². The SMILES string of the molecule is Cc1ccc(C)c(C(O)c2ccc3c(c2)CCC3)c1. The molecule has 0 aromatic heterocycles. The molecule has 0 saturated heterocycles. The zero-order chi connectivity index (χ0) is 13.4. The lowest BCUT2D eigenvalue weighted by Gasteiger charge is -2.16. The molecule has 1 aliphatic rings. The predicted octanol–water partition coefficient (Wildman–Crippen LogP) is 3.87. The van der Waals surface area contributed by atoms with E-state index >= 15 is 0 Å². The van der Waals surface area contributed by atoms with Crippen molar-refractivity contribution in [2.24, 2.45) is 0 Å². The van der Waals surface area contributed by atoms with Crippen molar-refractivity contribution in [3.8, 4) is 0 Å². The highest BCUT2D eigenvalue weighted by Crippen LogP contribution is 2.30. The van der Waals surface area contributed by atoms with Gasteiger partial charge in [-0.25, -0.2) is 0 Å². The van der Waals surface area contributed by atoms with Crippen LogP contribution < -0.4 is 0 Å². The maximum atomic E-state index is 10.6. The molecule has 0 heterocycles. The van der Waals surface area contributed by atoms with Crippen molar-refractivity contribution in [2.75, 3.05) is 0 Å². The standard InChI is InChI=1S/C18H20O/c1-12-6-7-13(2)17(10-12)18(19)16-9-8-14-4-3-5-15(14)11-16/h6-11,18-19H,3-5H2,1-2H3. The summed E-state index contributed by atoms with van der Waals surface area (Å²) in [6.45, 7) is 4.13. The molecule has 0 aliphatic heterocycles. The van der Waals surface area contributed by atoms with E-state index in [2.05, 4.69) is 50.2 Å². The molecule has 1 N–H and O–H groups in total. The quantitative estimate of drug-likeness (QED) is 0.860. The monoisotopic (exact) mass is 252 g/mol. The highest BCUT2D eigenvalue weighted by atomic mass is 16.3. The van der Waals surface area contributed by atoms with Crippen LogP contribution in [-0.4, -0.2) is 5.11 Å². The summed E-state index contributed by atoms with van der Waals surface area (Å²) in [5, 5.41) is 10.6. The van der Waals surface area contributed by atoms with Crippen LogP contribution in [0.4, 0.5) is 0 Å². The molecule has 0 amide bonds. The highest BCUT2D eigenvalue weighted by molar-refractivity contribution is 5.42. The van der Waals surface area contributed by atoms with E-state index in [9.17, 15) is 5.11 Å². The normalized spacial score (nSPS) is 15.3. The second-order valence-electron chi connectivity index (χ2n) is 5.64. The second-order valence-corrected chi connectivity index (χ2v) is 5.64.